The molecule has 3 aromatic carbocycles. The van der Waals surface area contributed by atoms with E-state index in [1.165, 1.54) is 12.1 Å². The number of amides is 1. The molecule has 0 spiro atoms. The van der Waals surface area contributed by atoms with Gasteiger partial charge in [0.1, 0.15) is 11.5 Å². The van der Waals surface area contributed by atoms with Gasteiger partial charge in [0, 0.05) is 44.0 Å². The molecule has 0 atom stereocenters. The molecule has 0 radical (unpaired) electrons. The van der Waals surface area contributed by atoms with Gasteiger partial charge in [-0.3, -0.25) is 9.69 Å². The van der Waals surface area contributed by atoms with E-state index in [1.807, 2.05) is 23.8 Å². The summed E-state index contributed by atoms with van der Waals surface area (Å²) >= 11 is 0. The number of halogens is 3. The Kier molecular flexibility index (Phi) is 8.89. The summed E-state index contributed by atoms with van der Waals surface area (Å²) in [5, 5.41) is 0. The SMILES string of the molecule is CCOc1cccc(-c2cc(CN3CCN(c4ccc(C(=O)NS(C)(=O)=O)cc4)CC3)cc(OC(F)(F)F)c2)c1. The maximum atomic E-state index is 13.1. The normalized spacial score (nSPS) is 14.6. The van der Waals surface area contributed by atoms with Gasteiger partial charge in [-0.05, 0) is 78.2 Å². The predicted octanol–water partition coefficient (Wildman–Crippen LogP) is 4.66. The Morgan fingerprint density at radius 1 is 0.925 bits per heavy atom. The summed E-state index contributed by atoms with van der Waals surface area (Å²) in [6.07, 6.45) is -3.89. The number of anilines is 1. The number of nitrogens with zero attached hydrogens (tertiary/aromatic N) is 2. The Morgan fingerprint density at radius 2 is 1.60 bits per heavy atom. The lowest BCUT2D eigenvalue weighted by Gasteiger charge is -2.36. The summed E-state index contributed by atoms with van der Waals surface area (Å²) in [6, 6.07) is 18.5. The summed E-state index contributed by atoms with van der Waals surface area (Å²) in [5.41, 5.74) is 3.12. The van der Waals surface area contributed by atoms with Gasteiger partial charge in [-0.25, -0.2) is 13.1 Å². The van der Waals surface area contributed by atoms with Crippen molar-refractivity contribution in [3.05, 3.63) is 77.9 Å². The van der Waals surface area contributed by atoms with E-state index in [9.17, 15) is 26.4 Å². The van der Waals surface area contributed by atoms with E-state index >= 15 is 0 Å². The number of carbonyl (C=O) groups is 1. The van der Waals surface area contributed by atoms with Gasteiger partial charge in [-0.1, -0.05) is 12.1 Å². The van der Waals surface area contributed by atoms with Crippen LogP contribution >= 0.6 is 0 Å². The smallest absolute Gasteiger partial charge is 0.494 e. The van der Waals surface area contributed by atoms with Gasteiger partial charge in [-0.15, -0.1) is 13.2 Å². The molecule has 1 fully saturated rings. The summed E-state index contributed by atoms with van der Waals surface area (Å²) in [7, 11) is -3.65. The van der Waals surface area contributed by atoms with Crippen molar-refractivity contribution in [1.82, 2.24) is 9.62 Å². The van der Waals surface area contributed by atoms with Crippen molar-refractivity contribution in [3.63, 3.8) is 0 Å². The Hall–Kier alpha value is -3.77. The Bertz CT molecular complexity index is 1440. The van der Waals surface area contributed by atoms with Crippen molar-refractivity contribution in [2.45, 2.75) is 19.8 Å². The van der Waals surface area contributed by atoms with Crippen LogP contribution in [0.2, 0.25) is 0 Å². The lowest BCUT2D eigenvalue weighted by molar-refractivity contribution is -0.274. The van der Waals surface area contributed by atoms with Crippen LogP contribution in [0.3, 0.4) is 0 Å². The Morgan fingerprint density at radius 3 is 2.23 bits per heavy atom. The lowest BCUT2D eigenvalue weighted by Crippen LogP contribution is -2.46. The fraction of sp³-hybridized carbons (Fsp3) is 0.321. The number of nitrogens with one attached hydrogen (secondary N) is 1. The fourth-order valence-electron chi connectivity index (χ4n) is 4.52. The highest BCUT2D eigenvalue weighted by Crippen LogP contribution is 2.32. The molecule has 0 bridgehead atoms. The van der Waals surface area contributed by atoms with Crippen LogP contribution in [-0.2, 0) is 16.6 Å². The highest BCUT2D eigenvalue weighted by molar-refractivity contribution is 7.89. The van der Waals surface area contributed by atoms with E-state index < -0.39 is 22.3 Å². The summed E-state index contributed by atoms with van der Waals surface area (Å²) in [6.45, 7) is 5.42. The third kappa shape index (κ3) is 8.36. The average Bonchev–Trinajstić information content (AvgIpc) is 2.87. The lowest BCUT2D eigenvalue weighted by atomic mass is 10.0. The standard InChI is InChI=1S/C28H30F3N3O5S/c1-3-38-25-6-4-5-22(17-25)23-15-20(16-26(18-23)39-28(29,30)31)19-33-11-13-34(14-12-33)24-9-7-21(8-10-24)27(35)32-40(2,36)37/h4-10,15-18H,3,11-14,19H2,1-2H3,(H,32,35). The molecule has 12 heteroatoms. The van der Waals surface area contributed by atoms with E-state index in [2.05, 4.69) is 14.5 Å². The van der Waals surface area contributed by atoms with Crippen LogP contribution in [0, 0.1) is 0 Å². The fourth-order valence-corrected chi connectivity index (χ4v) is 4.97. The maximum absolute atomic E-state index is 13.1. The first kappa shape index (κ1) is 29.2. The second-order valence-corrected chi connectivity index (χ2v) is 11.1. The molecule has 214 valence electrons. The number of alkyl halides is 3. The van der Waals surface area contributed by atoms with Crippen LogP contribution < -0.4 is 19.1 Å². The van der Waals surface area contributed by atoms with Crippen LogP contribution in [0.4, 0.5) is 18.9 Å². The third-order valence-corrected chi connectivity index (χ3v) is 6.79. The number of sulfonamides is 1. The monoisotopic (exact) mass is 577 g/mol. The van der Waals surface area contributed by atoms with Crippen molar-refractivity contribution >= 4 is 21.6 Å². The van der Waals surface area contributed by atoms with Gasteiger partial charge in [0.05, 0.1) is 12.9 Å². The highest BCUT2D eigenvalue weighted by atomic mass is 32.2. The molecule has 1 amide bonds. The van der Waals surface area contributed by atoms with E-state index in [4.69, 9.17) is 4.74 Å². The highest BCUT2D eigenvalue weighted by Gasteiger charge is 2.31. The van der Waals surface area contributed by atoms with Gasteiger partial charge in [0.2, 0.25) is 10.0 Å². The topological polar surface area (TPSA) is 88.2 Å². The average molecular weight is 578 g/mol. The first-order valence-electron chi connectivity index (χ1n) is 12.6. The number of ether oxygens (including phenoxy) is 2. The van der Waals surface area contributed by atoms with Crippen molar-refractivity contribution in [2.75, 3.05) is 43.9 Å². The molecule has 4 rings (SSSR count). The van der Waals surface area contributed by atoms with Crippen molar-refractivity contribution in [1.29, 1.82) is 0 Å². The molecule has 40 heavy (non-hydrogen) atoms. The largest absolute Gasteiger partial charge is 0.573 e. The zero-order chi connectivity index (χ0) is 28.9. The van der Waals surface area contributed by atoms with E-state index in [-0.39, 0.29) is 11.3 Å². The second kappa shape index (κ2) is 12.2. The molecule has 0 unspecified atom stereocenters. The third-order valence-electron chi connectivity index (χ3n) is 6.23. The number of carbonyl (C=O) groups excluding carboxylic acids is 1. The Balaban J connectivity index is 1.44. The van der Waals surface area contributed by atoms with Gasteiger partial charge >= 0.3 is 6.36 Å². The van der Waals surface area contributed by atoms with Crippen LogP contribution in [0.1, 0.15) is 22.8 Å². The molecular formula is C28H30F3N3O5S. The molecule has 3 aromatic rings. The quantitative estimate of drug-likeness (QED) is 0.396. The molecule has 0 aromatic heterocycles. The molecule has 8 nitrogen and oxygen atoms in total. The molecule has 1 aliphatic rings. The summed E-state index contributed by atoms with van der Waals surface area (Å²) < 4.78 is 73.6. The first-order chi connectivity index (χ1) is 18.9. The van der Waals surface area contributed by atoms with Crippen LogP contribution in [0.25, 0.3) is 11.1 Å². The van der Waals surface area contributed by atoms with Gasteiger partial charge in [-0.2, -0.15) is 0 Å². The van der Waals surface area contributed by atoms with Crippen molar-refractivity contribution < 1.29 is 35.9 Å². The number of rotatable bonds is 9. The van der Waals surface area contributed by atoms with Crippen molar-refractivity contribution in [2.24, 2.45) is 0 Å². The zero-order valence-corrected chi connectivity index (χ0v) is 22.9. The molecule has 1 heterocycles. The number of hydrogen-bond donors (Lipinski definition) is 1. The minimum absolute atomic E-state index is 0.233. The van der Waals surface area contributed by atoms with Gasteiger partial charge in [0.15, 0.2) is 0 Å². The summed E-state index contributed by atoms with van der Waals surface area (Å²) in [4.78, 5) is 16.3. The number of benzene rings is 3. The van der Waals surface area contributed by atoms with E-state index in [0.717, 1.165) is 17.5 Å². The van der Waals surface area contributed by atoms with E-state index in [1.54, 1.807) is 42.5 Å². The predicted molar refractivity (Wildman–Crippen MR) is 146 cm³/mol. The van der Waals surface area contributed by atoms with E-state index in [0.29, 0.717) is 56.2 Å². The summed E-state index contributed by atoms with van der Waals surface area (Å²) in [5.74, 6) is -0.344. The molecular weight excluding hydrogens is 547 g/mol. The molecule has 0 saturated carbocycles. The molecule has 0 aliphatic carbocycles. The number of piperazine rings is 1. The van der Waals surface area contributed by atoms with Crippen LogP contribution in [-0.4, -0.2) is 64.6 Å². The van der Waals surface area contributed by atoms with Crippen LogP contribution in [0.5, 0.6) is 11.5 Å². The molecule has 1 N–H and O–H groups in total. The minimum atomic E-state index is -4.81. The Labute approximate surface area is 231 Å². The maximum Gasteiger partial charge on any atom is 0.573 e. The van der Waals surface area contributed by atoms with Gasteiger partial charge < -0.3 is 14.4 Å². The second-order valence-electron chi connectivity index (χ2n) is 9.39. The van der Waals surface area contributed by atoms with Crippen molar-refractivity contribution in [3.8, 4) is 22.6 Å². The molecule has 1 saturated heterocycles. The minimum Gasteiger partial charge on any atom is -0.494 e. The molecule has 1 aliphatic heterocycles. The van der Waals surface area contributed by atoms with Crippen LogP contribution in [0.15, 0.2) is 66.7 Å². The van der Waals surface area contributed by atoms with Gasteiger partial charge in [0.25, 0.3) is 5.91 Å². The first-order valence-corrected chi connectivity index (χ1v) is 14.5. The zero-order valence-electron chi connectivity index (χ0n) is 22.1. The number of hydrogen-bond acceptors (Lipinski definition) is 7.